The summed E-state index contributed by atoms with van der Waals surface area (Å²) in [6, 6.07) is 12.8. The first-order chi connectivity index (χ1) is 5.77. The van der Waals surface area contributed by atoms with Gasteiger partial charge in [-0.2, -0.15) is 0 Å². The maximum Gasteiger partial charge on any atom is -0.0154 e. The highest BCUT2D eigenvalue weighted by Gasteiger charge is 1.95. The van der Waals surface area contributed by atoms with Crippen LogP contribution in [0, 0.1) is 6.92 Å². The maximum absolute atomic E-state index is 2.74. The molecule has 1 atom stereocenters. The van der Waals surface area contributed by atoms with Crippen LogP contribution >= 0.6 is 9.24 Å². The van der Waals surface area contributed by atoms with E-state index < -0.39 is 0 Å². The maximum atomic E-state index is 2.74. The van der Waals surface area contributed by atoms with Gasteiger partial charge in [0.1, 0.15) is 0 Å². The van der Waals surface area contributed by atoms with Gasteiger partial charge in [0.15, 0.2) is 0 Å². The third-order valence-corrected chi connectivity index (χ3v) is 2.42. The van der Waals surface area contributed by atoms with Crippen molar-refractivity contribution in [3.8, 4) is 0 Å². The van der Waals surface area contributed by atoms with Gasteiger partial charge in [0, 0.05) is 0 Å². The van der Waals surface area contributed by atoms with Gasteiger partial charge in [-0.1, -0.05) is 30.3 Å². The summed E-state index contributed by atoms with van der Waals surface area (Å²) in [6.07, 6.45) is 0. The van der Waals surface area contributed by atoms with E-state index in [1.54, 1.807) is 0 Å². The second-order valence-electron chi connectivity index (χ2n) is 3.06. The molecule has 2 aromatic rings. The Bertz CT molecular complexity index is 418. The first-order valence-electron chi connectivity index (χ1n) is 4.02. The zero-order chi connectivity index (χ0) is 8.55. The van der Waals surface area contributed by atoms with Crippen molar-refractivity contribution in [2.24, 2.45) is 0 Å². The van der Waals surface area contributed by atoms with Crippen LogP contribution in [-0.2, 0) is 0 Å². The predicted molar refractivity (Wildman–Crippen MR) is 58.0 cm³/mol. The van der Waals surface area contributed by atoms with E-state index in [9.17, 15) is 0 Å². The fourth-order valence-electron chi connectivity index (χ4n) is 1.53. The van der Waals surface area contributed by atoms with Gasteiger partial charge in [-0.15, -0.1) is 9.24 Å². The van der Waals surface area contributed by atoms with E-state index in [4.69, 9.17) is 0 Å². The molecule has 0 spiro atoms. The fourth-order valence-corrected chi connectivity index (χ4v) is 1.96. The number of aryl methyl sites for hydroxylation is 1. The quantitative estimate of drug-likeness (QED) is 0.538. The summed E-state index contributed by atoms with van der Waals surface area (Å²) in [5.41, 5.74) is 1.35. The molecule has 0 heterocycles. The highest BCUT2D eigenvalue weighted by atomic mass is 31.0. The number of hydrogen-bond donors (Lipinski definition) is 0. The Morgan fingerprint density at radius 3 is 2.67 bits per heavy atom. The van der Waals surface area contributed by atoms with Crippen molar-refractivity contribution in [1.29, 1.82) is 0 Å². The van der Waals surface area contributed by atoms with Gasteiger partial charge in [-0.25, -0.2) is 0 Å². The first kappa shape index (κ1) is 7.76. The number of rotatable bonds is 0. The summed E-state index contributed by atoms with van der Waals surface area (Å²) in [4.78, 5) is 0. The minimum atomic E-state index is 1.26. The lowest BCUT2D eigenvalue weighted by molar-refractivity contribution is 1.55. The minimum absolute atomic E-state index is 1.26. The van der Waals surface area contributed by atoms with Gasteiger partial charge in [0.2, 0.25) is 0 Å². The second-order valence-corrected chi connectivity index (χ2v) is 3.73. The summed E-state index contributed by atoms with van der Waals surface area (Å²) in [5.74, 6) is 0. The highest BCUT2D eigenvalue weighted by Crippen LogP contribution is 2.16. The minimum Gasteiger partial charge on any atom is -0.106 e. The van der Waals surface area contributed by atoms with Gasteiger partial charge >= 0.3 is 0 Å². The molecule has 1 heteroatoms. The molecule has 0 saturated carbocycles. The normalized spacial score (nSPS) is 10.5. The largest absolute Gasteiger partial charge is 0.106 e. The zero-order valence-corrected chi connectivity index (χ0v) is 8.20. The number of hydrogen-bond acceptors (Lipinski definition) is 0. The van der Waals surface area contributed by atoms with Crippen molar-refractivity contribution in [2.75, 3.05) is 0 Å². The van der Waals surface area contributed by atoms with Crippen molar-refractivity contribution >= 4 is 25.3 Å². The molecule has 1 unspecified atom stereocenters. The van der Waals surface area contributed by atoms with Crippen LogP contribution in [-0.4, -0.2) is 0 Å². The van der Waals surface area contributed by atoms with Gasteiger partial charge in [-0.05, 0) is 34.6 Å². The van der Waals surface area contributed by atoms with Crippen LogP contribution < -0.4 is 5.30 Å². The molecule has 0 amide bonds. The smallest absolute Gasteiger partial charge is 0.0154 e. The van der Waals surface area contributed by atoms with E-state index in [1.807, 2.05) is 0 Å². The van der Waals surface area contributed by atoms with Crippen molar-refractivity contribution in [1.82, 2.24) is 0 Å². The Hall–Kier alpha value is -0.870. The van der Waals surface area contributed by atoms with Crippen molar-refractivity contribution < 1.29 is 0 Å². The van der Waals surface area contributed by atoms with Crippen molar-refractivity contribution in [3.05, 3.63) is 42.0 Å². The Kier molecular flexibility index (Phi) is 1.86. The van der Waals surface area contributed by atoms with E-state index in [1.165, 1.54) is 21.6 Å². The Morgan fingerprint density at radius 1 is 1.08 bits per heavy atom. The van der Waals surface area contributed by atoms with Crippen LogP contribution in [0.25, 0.3) is 10.8 Å². The van der Waals surface area contributed by atoms with Crippen LogP contribution in [0.15, 0.2) is 36.4 Å². The van der Waals surface area contributed by atoms with Crippen LogP contribution in [0.2, 0.25) is 0 Å². The van der Waals surface area contributed by atoms with E-state index in [2.05, 4.69) is 52.6 Å². The molecule has 0 aliphatic heterocycles. The van der Waals surface area contributed by atoms with E-state index in [-0.39, 0.29) is 0 Å². The molecule has 0 N–H and O–H groups in total. The molecule has 0 fully saturated rings. The topological polar surface area (TPSA) is 0 Å². The van der Waals surface area contributed by atoms with Crippen LogP contribution in [0.1, 0.15) is 5.56 Å². The third-order valence-electron chi connectivity index (χ3n) is 2.09. The van der Waals surface area contributed by atoms with E-state index in [0.29, 0.717) is 0 Å². The van der Waals surface area contributed by atoms with Crippen molar-refractivity contribution in [3.63, 3.8) is 0 Å². The number of fused-ring (bicyclic) bond motifs is 1. The summed E-state index contributed by atoms with van der Waals surface area (Å²) in [7, 11) is 2.74. The van der Waals surface area contributed by atoms with Crippen LogP contribution in [0.5, 0.6) is 0 Å². The zero-order valence-electron chi connectivity index (χ0n) is 7.04. The molecular formula is C11H11P. The second kappa shape index (κ2) is 2.88. The molecule has 60 valence electrons. The standard InChI is InChI=1S/C11H11P/c1-8-6-10(12)7-9-4-2-3-5-11(8)9/h2-7H,12H2,1H3. The molecule has 12 heavy (non-hydrogen) atoms. The SMILES string of the molecule is Cc1cc(P)cc2ccccc12. The molecule has 0 radical (unpaired) electrons. The molecule has 0 aliphatic rings. The Balaban J connectivity index is 2.89. The summed E-state index contributed by atoms with van der Waals surface area (Å²) in [6.45, 7) is 2.15. The molecule has 0 saturated heterocycles. The lowest BCUT2D eigenvalue weighted by atomic mass is 10.1. The fraction of sp³-hybridized carbons (Fsp3) is 0.0909. The van der Waals surface area contributed by atoms with Crippen molar-refractivity contribution in [2.45, 2.75) is 6.92 Å². The van der Waals surface area contributed by atoms with Gasteiger partial charge in [0.25, 0.3) is 0 Å². The highest BCUT2D eigenvalue weighted by molar-refractivity contribution is 7.27. The summed E-state index contributed by atoms with van der Waals surface area (Å²) < 4.78 is 0. The third kappa shape index (κ3) is 1.23. The van der Waals surface area contributed by atoms with Crippen LogP contribution in [0.3, 0.4) is 0 Å². The van der Waals surface area contributed by atoms with Gasteiger partial charge < -0.3 is 0 Å². The van der Waals surface area contributed by atoms with Crippen LogP contribution in [0.4, 0.5) is 0 Å². The summed E-state index contributed by atoms with van der Waals surface area (Å²) >= 11 is 0. The van der Waals surface area contributed by atoms with E-state index in [0.717, 1.165) is 0 Å². The molecule has 0 aliphatic carbocycles. The van der Waals surface area contributed by atoms with Gasteiger partial charge in [0.05, 0.1) is 0 Å². The molecule has 2 aromatic carbocycles. The van der Waals surface area contributed by atoms with E-state index >= 15 is 0 Å². The lowest BCUT2D eigenvalue weighted by Crippen LogP contribution is -1.91. The molecule has 0 bridgehead atoms. The number of benzene rings is 2. The molecule has 2 rings (SSSR count). The lowest BCUT2D eigenvalue weighted by Gasteiger charge is -2.02. The first-order valence-corrected chi connectivity index (χ1v) is 4.60. The molecule has 0 nitrogen and oxygen atoms in total. The van der Waals surface area contributed by atoms with Gasteiger partial charge in [-0.3, -0.25) is 0 Å². The Labute approximate surface area is 74.8 Å². The summed E-state index contributed by atoms with van der Waals surface area (Å²) in [5, 5.41) is 3.93. The predicted octanol–water partition coefficient (Wildman–Crippen LogP) is 2.65. The average Bonchev–Trinajstić information content (AvgIpc) is 2.04. The molecule has 0 aromatic heterocycles. The Morgan fingerprint density at radius 2 is 1.83 bits per heavy atom. The monoisotopic (exact) mass is 174 g/mol. The average molecular weight is 174 g/mol. The molecular weight excluding hydrogens is 163 g/mol.